The molecule has 0 aliphatic carbocycles. The normalized spacial score (nSPS) is 10.6. The van der Waals surface area contributed by atoms with E-state index in [1.54, 1.807) is 10.7 Å². The Hall–Kier alpha value is -3.45. The summed E-state index contributed by atoms with van der Waals surface area (Å²) in [6.45, 7) is 0. The molecule has 0 spiro atoms. The maximum Gasteiger partial charge on any atom is 0.154 e. The molecule has 2 heterocycles. The van der Waals surface area contributed by atoms with Gasteiger partial charge in [0, 0.05) is 11.1 Å². The molecule has 0 aliphatic heterocycles. The Labute approximate surface area is 139 Å². The SMILES string of the molecule is N#CCc1cnc2cc(-c3ccccc3)c(-c3ccccc3)nn12. The lowest BCUT2D eigenvalue weighted by Crippen LogP contribution is -2.01. The quantitative estimate of drug-likeness (QED) is 0.571. The number of benzene rings is 2. The minimum Gasteiger partial charge on any atom is -0.235 e. The molecule has 2 aromatic carbocycles. The van der Waals surface area contributed by atoms with E-state index >= 15 is 0 Å². The van der Waals surface area contributed by atoms with E-state index in [1.807, 2.05) is 54.6 Å². The van der Waals surface area contributed by atoms with Gasteiger partial charge in [-0.15, -0.1) is 0 Å². The average Bonchev–Trinajstić information content (AvgIpc) is 3.04. The van der Waals surface area contributed by atoms with Crippen LogP contribution < -0.4 is 0 Å². The number of fused-ring (bicyclic) bond motifs is 1. The first-order chi connectivity index (χ1) is 11.9. The van der Waals surface area contributed by atoms with Crippen LogP contribution in [-0.4, -0.2) is 14.6 Å². The van der Waals surface area contributed by atoms with Crippen LogP contribution in [-0.2, 0) is 6.42 Å². The van der Waals surface area contributed by atoms with Gasteiger partial charge >= 0.3 is 0 Å². The standard InChI is InChI=1S/C20H14N4/c21-12-11-17-14-22-19-13-18(15-7-3-1-4-8-15)20(23-24(17)19)16-9-5-2-6-10-16/h1-10,13-14H,11H2. The molecular formula is C20H14N4. The van der Waals surface area contributed by atoms with Crippen LogP contribution in [0.2, 0.25) is 0 Å². The topological polar surface area (TPSA) is 54.0 Å². The summed E-state index contributed by atoms with van der Waals surface area (Å²) < 4.78 is 1.76. The van der Waals surface area contributed by atoms with Crippen LogP contribution in [0.25, 0.3) is 28.0 Å². The Kier molecular flexibility index (Phi) is 3.53. The van der Waals surface area contributed by atoms with Crippen molar-refractivity contribution in [3.8, 4) is 28.5 Å². The summed E-state index contributed by atoms with van der Waals surface area (Å²) in [5.41, 5.74) is 5.59. The average molecular weight is 310 g/mol. The second kappa shape index (κ2) is 5.98. The number of nitrogens with zero attached hydrogens (tertiary/aromatic N) is 4. The first kappa shape index (κ1) is 14.2. The molecule has 4 rings (SSSR count). The number of imidazole rings is 1. The van der Waals surface area contributed by atoms with Crippen LogP contribution in [0.1, 0.15) is 5.69 Å². The van der Waals surface area contributed by atoms with Crippen molar-refractivity contribution < 1.29 is 0 Å². The Morgan fingerprint density at radius 2 is 1.58 bits per heavy atom. The largest absolute Gasteiger partial charge is 0.235 e. The molecule has 0 atom stereocenters. The van der Waals surface area contributed by atoms with Crippen molar-refractivity contribution >= 4 is 5.65 Å². The maximum atomic E-state index is 9.00. The van der Waals surface area contributed by atoms with Crippen molar-refractivity contribution in [3.63, 3.8) is 0 Å². The smallest absolute Gasteiger partial charge is 0.154 e. The first-order valence-electron chi connectivity index (χ1n) is 7.72. The molecule has 4 nitrogen and oxygen atoms in total. The van der Waals surface area contributed by atoms with E-state index in [2.05, 4.69) is 23.2 Å². The van der Waals surface area contributed by atoms with E-state index in [4.69, 9.17) is 10.4 Å². The Morgan fingerprint density at radius 3 is 2.25 bits per heavy atom. The van der Waals surface area contributed by atoms with Gasteiger partial charge in [0.1, 0.15) is 0 Å². The Morgan fingerprint density at radius 1 is 0.917 bits per heavy atom. The lowest BCUT2D eigenvalue weighted by Gasteiger charge is -2.10. The van der Waals surface area contributed by atoms with Gasteiger partial charge in [0.15, 0.2) is 5.65 Å². The molecule has 114 valence electrons. The fourth-order valence-electron chi connectivity index (χ4n) is 2.81. The highest BCUT2D eigenvalue weighted by atomic mass is 15.3. The number of rotatable bonds is 3. The minimum absolute atomic E-state index is 0.285. The van der Waals surface area contributed by atoms with E-state index in [-0.39, 0.29) is 6.42 Å². The predicted octanol–water partition coefficient (Wildman–Crippen LogP) is 4.13. The number of aromatic nitrogens is 3. The third kappa shape index (κ3) is 2.42. The summed E-state index contributed by atoms with van der Waals surface area (Å²) in [5.74, 6) is 0. The highest BCUT2D eigenvalue weighted by Gasteiger charge is 2.14. The van der Waals surface area contributed by atoms with Gasteiger partial charge in [-0.05, 0) is 11.6 Å². The molecule has 4 heteroatoms. The second-order valence-electron chi connectivity index (χ2n) is 5.49. The first-order valence-corrected chi connectivity index (χ1v) is 7.72. The lowest BCUT2D eigenvalue weighted by molar-refractivity contribution is 0.887. The van der Waals surface area contributed by atoms with Gasteiger partial charge in [0.05, 0.1) is 30.1 Å². The van der Waals surface area contributed by atoms with E-state index < -0.39 is 0 Å². The fraction of sp³-hybridized carbons (Fsp3) is 0.0500. The summed E-state index contributed by atoms with van der Waals surface area (Å²) >= 11 is 0. The van der Waals surface area contributed by atoms with Gasteiger partial charge in [-0.3, -0.25) is 0 Å². The van der Waals surface area contributed by atoms with Crippen LogP contribution in [0.5, 0.6) is 0 Å². The zero-order valence-electron chi connectivity index (χ0n) is 12.9. The summed E-state index contributed by atoms with van der Waals surface area (Å²) in [4.78, 5) is 4.41. The van der Waals surface area contributed by atoms with Crippen LogP contribution in [0.4, 0.5) is 0 Å². The van der Waals surface area contributed by atoms with Crippen molar-refractivity contribution in [1.82, 2.24) is 14.6 Å². The molecule has 0 bridgehead atoms. The molecule has 24 heavy (non-hydrogen) atoms. The molecule has 0 unspecified atom stereocenters. The molecular weight excluding hydrogens is 296 g/mol. The molecule has 2 aromatic heterocycles. The highest BCUT2D eigenvalue weighted by molar-refractivity contribution is 5.82. The Bertz CT molecular complexity index is 1030. The second-order valence-corrected chi connectivity index (χ2v) is 5.49. The van der Waals surface area contributed by atoms with Gasteiger partial charge in [-0.2, -0.15) is 10.4 Å². The van der Waals surface area contributed by atoms with Crippen LogP contribution in [0, 0.1) is 11.3 Å². The summed E-state index contributed by atoms with van der Waals surface area (Å²) in [5, 5.41) is 13.8. The highest BCUT2D eigenvalue weighted by Crippen LogP contribution is 2.31. The van der Waals surface area contributed by atoms with Crippen molar-refractivity contribution in [2.75, 3.05) is 0 Å². The van der Waals surface area contributed by atoms with E-state index in [9.17, 15) is 0 Å². The van der Waals surface area contributed by atoms with E-state index in [0.717, 1.165) is 33.7 Å². The summed E-state index contributed by atoms with van der Waals surface area (Å²) in [6, 6.07) is 24.4. The number of hydrogen-bond donors (Lipinski definition) is 0. The summed E-state index contributed by atoms with van der Waals surface area (Å²) in [6.07, 6.45) is 2.00. The predicted molar refractivity (Wildman–Crippen MR) is 93.2 cm³/mol. The van der Waals surface area contributed by atoms with Crippen LogP contribution >= 0.6 is 0 Å². The zero-order chi connectivity index (χ0) is 16.4. The Balaban J connectivity index is 2.02. The van der Waals surface area contributed by atoms with Crippen molar-refractivity contribution in [2.45, 2.75) is 6.42 Å². The van der Waals surface area contributed by atoms with Crippen molar-refractivity contribution in [1.29, 1.82) is 5.26 Å². The lowest BCUT2D eigenvalue weighted by atomic mass is 10.0. The van der Waals surface area contributed by atoms with Crippen molar-refractivity contribution in [3.05, 3.63) is 78.6 Å². The minimum atomic E-state index is 0.285. The van der Waals surface area contributed by atoms with Crippen LogP contribution in [0.15, 0.2) is 72.9 Å². The molecule has 0 fully saturated rings. The third-order valence-electron chi connectivity index (χ3n) is 3.96. The molecule has 4 aromatic rings. The monoisotopic (exact) mass is 310 g/mol. The van der Waals surface area contributed by atoms with Gasteiger partial charge in [-0.1, -0.05) is 60.7 Å². The van der Waals surface area contributed by atoms with Gasteiger partial charge in [-0.25, -0.2) is 9.50 Å². The molecule has 0 radical (unpaired) electrons. The zero-order valence-corrected chi connectivity index (χ0v) is 12.9. The fourth-order valence-corrected chi connectivity index (χ4v) is 2.81. The van der Waals surface area contributed by atoms with Crippen molar-refractivity contribution in [2.24, 2.45) is 0 Å². The maximum absolute atomic E-state index is 9.00. The van der Waals surface area contributed by atoms with E-state index in [0.29, 0.717) is 0 Å². The molecule has 0 saturated heterocycles. The van der Waals surface area contributed by atoms with E-state index in [1.165, 1.54) is 0 Å². The third-order valence-corrected chi connectivity index (χ3v) is 3.96. The molecule has 0 amide bonds. The molecule has 0 aliphatic rings. The van der Waals surface area contributed by atoms with Gasteiger partial charge in [0.2, 0.25) is 0 Å². The molecule has 0 saturated carbocycles. The van der Waals surface area contributed by atoms with Crippen LogP contribution in [0.3, 0.4) is 0 Å². The number of nitriles is 1. The van der Waals surface area contributed by atoms with Gasteiger partial charge in [0.25, 0.3) is 0 Å². The number of hydrogen-bond acceptors (Lipinski definition) is 3. The summed E-state index contributed by atoms with van der Waals surface area (Å²) in [7, 11) is 0. The van der Waals surface area contributed by atoms with Gasteiger partial charge < -0.3 is 0 Å². The molecule has 0 N–H and O–H groups in total.